The second-order valence-corrected chi connectivity index (χ2v) is 6.45. The number of nitrogens with one attached hydrogen (secondary N) is 1. The third-order valence-electron chi connectivity index (χ3n) is 3.62. The van der Waals surface area contributed by atoms with E-state index in [1.807, 2.05) is 0 Å². The molecule has 0 heterocycles. The van der Waals surface area contributed by atoms with Crippen molar-refractivity contribution >= 4 is 0 Å². The van der Waals surface area contributed by atoms with Gasteiger partial charge in [-0.1, -0.05) is 27.7 Å². The Morgan fingerprint density at radius 3 is 2.33 bits per heavy atom. The molecule has 2 atom stereocenters. The molecule has 0 aliphatic rings. The van der Waals surface area contributed by atoms with Gasteiger partial charge in [-0.05, 0) is 45.3 Å². The zero-order chi connectivity index (χ0) is 14.2. The maximum atomic E-state index is 5.21. The van der Waals surface area contributed by atoms with E-state index in [0.29, 0.717) is 17.5 Å². The van der Waals surface area contributed by atoms with E-state index in [9.17, 15) is 0 Å². The van der Waals surface area contributed by atoms with Gasteiger partial charge in [0.05, 0.1) is 6.61 Å². The summed E-state index contributed by atoms with van der Waals surface area (Å²) in [5, 5.41) is 3.68. The molecule has 0 aromatic rings. The topological polar surface area (TPSA) is 24.5 Å². The molecular formula is C15H34N2O. The van der Waals surface area contributed by atoms with E-state index in [4.69, 9.17) is 4.74 Å². The van der Waals surface area contributed by atoms with Crippen LogP contribution >= 0.6 is 0 Å². The van der Waals surface area contributed by atoms with Gasteiger partial charge in [0.2, 0.25) is 0 Å². The van der Waals surface area contributed by atoms with Crippen molar-refractivity contribution in [2.24, 2.45) is 5.41 Å². The van der Waals surface area contributed by atoms with E-state index in [1.165, 1.54) is 12.8 Å². The molecule has 0 amide bonds. The van der Waals surface area contributed by atoms with E-state index < -0.39 is 0 Å². The summed E-state index contributed by atoms with van der Waals surface area (Å²) in [6.07, 6.45) is 2.39. The Labute approximate surface area is 114 Å². The fourth-order valence-electron chi connectivity index (χ4n) is 2.08. The van der Waals surface area contributed by atoms with Gasteiger partial charge in [0, 0.05) is 19.2 Å². The Hall–Kier alpha value is -0.120. The lowest BCUT2D eigenvalue weighted by Crippen LogP contribution is -2.44. The minimum absolute atomic E-state index is 0.320. The molecular weight excluding hydrogens is 224 g/mol. The lowest BCUT2D eigenvalue weighted by molar-refractivity contribution is 0.108. The van der Waals surface area contributed by atoms with Crippen molar-refractivity contribution in [3.8, 4) is 0 Å². The predicted octanol–water partition coefficient (Wildman–Crippen LogP) is 2.76. The van der Waals surface area contributed by atoms with Crippen LogP contribution in [0.1, 0.15) is 47.5 Å². The highest BCUT2D eigenvalue weighted by Gasteiger charge is 2.24. The molecule has 2 unspecified atom stereocenters. The van der Waals surface area contributed by atoms with Crippen molar-refractivity contribution in [3.05, 3.63) is 0 Å². The van der Waals surface area contributed by atoms with Crippen LogP contribution < -0.4 is 5.32 Å². The van der Waals surface area contributed by atoms with E-state index >= 15 is 0 Å². The average molecular weight is 258 g/mol. The molecule has 0 aliphatic heterocycles. The molecule has 0 radical (unpaired) electrons. The number of rotatable bonds is 9. The first kappa shape index (κ1) is 17.9. The lowest BCUT2D eigenvalue weighted by Gasteiger charge is -2.34. The monoisotopic (exact) mass is 258 g/mol. The first-order valence-corrected chi connectivity index (χ1v) is 7.25. The smallest absolute Gasteiger partial charge is 0.0615 e. The van der Waals surface area contributed by atoms with Crippen LogP contribution in [0.2, 0.25) is 0 Å². The van der Waals surface area contributed by atoms with Crippen LogP contribution in [0.15, 0.2) is 0 Å². The largest absolute Gasteiger partial charge is 0.383 e. The zero-order valence-electron chi connectivity index (χ0n) is 13.5. The second kappa shape index (κ2) is 8.89. The summed E-state index contributed by atoms with van der Waals surface area (Å²) in [5.41, 5.74) is 0.320. The molecule has 0 fully saturated rings. The van der Waals surface area contributed by atoms with Gasteiger partial charge in [-0.3, -0.25) is 0 Å². The van der Waals surface area contributed by atoms with Crippen LogP contribution in [-0.2, 0) is 4.74 Å². The number of methoxy groups -OCH3 is 1. The van der Waals surface area contributed by atoms with Crippen molar-refractivity contribution in [3.63, 3.8) is 0 Å². The Kier molecular flexibility index (Phi) is 8.83. The number of ether oxygens (including phenoxy) is 1. The van der Waals surface area contributed by atoms with Gasteiger partial charge in [-0.25, -0.2) is 0 Å². The lowest BCUT2D eigenvalue weighted by atomic mass is 9.84. The molecule has 0 saturated carbocycles. The summed E-state index contributed by atoms with van der Waals surface area (Å²) in [5.74, 6) is 0. The van der Waals surface area contributed by atoms with Gasteiger partial charge in [-0.15, -0.1) is 0 Å². The van der Waals surface area contributed by atoms with Gasteiger partial charge in [0.25, 0.3) is 0 Å². The normalized spacial score (nSPS) is 16.0. The van der Waals surface area contributed by atoms with E-state index in [-0.39, 0.29) is 0 Å². The van der Waals surface area contributed by atoms with Crippen molar-refractivity contribution in [2.75, 3.05) is 33.9 Å². The molecule has 0 aliphatic carbocycles. The van der Waals surface area contributed by atoms with E-state index in [0.717, 1.165) is 19.7 Å². The van der Waals surface area contributed by atoms with Gasteiger partial charge in [0.15, 0.2) is 0 Å². The molecule has 3 nitrogen and oxygen atoms in total. The standard InChI is InChI=1S/C15H34N2O/c1-8-10-16-14(15(3,4)5)9-11-17(6)13(2)12-18-7/h13-14,16H,8-12H2,1-7H3. The van der Waals surface area contributed by atoms with E-state index in [1.54, 1.807) is 7.11 Å². The summed E-state index contributed by atoms with van der Waals surface area (Å²) >= 11 is 0. The van der Waals surface area contributed by atoms with Crippen molar-refractivity contribution in [2.45, 2.75) is 59.5 Å². The molecule has 0 spiro atoms. The Bertz CT molecular complexity index is 201. The van der Waals surface area contributed by atoms with Gasteiger partial charge in [0.1, 0.15) is 0 Å². The predicted molar refractivity (Wildman–Crippen MR) is 80.1 cm³/mol. The fraction of sp³-hybridized carbons (Fsp3) is 1.00. The van der Waals surface area contributed by atoms with Crippen LogP contribution in [0.3, 0.4) is 0 Å². The highest BCUT2D eigenvalue weighted by molar-refractivity contribution is 4.81. The van der Waals surface area contributed by atoms with Crippen LogP contribution in [0.4, 0.5) is 0 Å². The van der Waals surface area contributed by atoms with Crippen LogP contribution in [0.25, 0.3) is 0 Å². The summed E-state index contributed by atoms with van der Waals surface area (Å²) in [6, 6.07) is 1.07. The maximum absolute atomic E-state index is 5.21. The molecule has 0 aromatic carbocycles. The summed E-state index contributed by atoms with van der Waals surface area (Å²) in [6.45, 7) is 14.4. The molecule has 0 saturated heterocycles. The molecule has 0 aromatic heterocycles. The van der Waals surface area contributed by atoms with Crippen LogP contribution in [0, 0.1) is 5.41 Å². The number of nitrogens with zero attached hydrogens (tertiary/aromatic N) is 1. The van der Waals surface area contributed by atoms with E-state index in [2.05, 4.69) is 51.9 Å². The summed E-state index contributed by atoms with van der Waals surface area (Å²) in [4.78, 5) is 2.38. The number of hydrogen-bond acceptors (Lipinski definition) is 3. The fourth-order valence-corrected chi connectivity index (χ4v) is 2.08. The Morgan fingerprint density at radius 2 is 1.89 bits per heavy atom. The van der Waals surface area contributed by atoms with Crippen LogP contribution in [0.5, 0.6) is 0 Å². The average Bonchev–Trinajstić information content (AvgIpc) is 2.27. The molecule has 0 rings (SSSR count). The van der Waals surface area contributed by atoms with Gasteiger partial charge in [-0.2, -0.15) is 0 Å². The minimum atomic E-state index is 0.320. The first-order chi connectivity index (χ1) is 8.32. The summed E-state index contributed by atoms with van der Waals surface area (Å²) in [7, 11) is 3.95. The Balaban J connectivity index is 4.17. The second-order valence-electron chi connectivity index (χ2n) is 6.45. The minimum Gasteiger partial charge on any atom is -0.383 e. The Morgan fingerprint density at radius 1 is 1.28 bits per heavy atom. The number of hydrogen-bond donors (Lipinski definition) is 1. The van der Waals surface area contributed by atoms with Crippen molar-refractivity contribution < 1.29 is 4.74 Å². The quantitative estimate of drug-likeness (QED) is 0.688. The van der Waals surface area contributed by atoms with Crippen molar-refractivity contribution in [1.82, 2.24) is 10.2 Å². The third-order valence-corrected chi connectivity index (χ3v) is 3.62. The zero-order valence-corrected chi connectivity index (χ0v) is 13.5. The molecule has 1 N–H and O–H groups in total. The number of likely N-dealkylation sites (N-methyl/N-ethyl adjacent to an activating group) is 1. The summed E-state index contributed by atoms with van der Waals surface area (Å²) < 4.78 is 5.21. The SMILES string of the molecule is CCCNC(CCN(C)C(C)COC)C(C)(C)C. The molecule has 0 bridgehead atoms. The maximum Gasteiger partial charge on any atom is 0.0615 e. The third kappa shape index (κ3) is 7.34. The van der Waals surface area contributed by atoms with Gasteiger partial charge < -0.3 is 15.0 Å². The highest BCUT2D eigenvalue weighted by atomic mass is 16.5. The van der Waals surface area contributed by atoms with Gasteiger partial charge >= 0.3 is 0 Å². The highest BCUT2D eigenvalue weighted by Crippen LogP contribution is 2.22. The van der Waals surface area contributed by atoms with Crippen LogP contribution in [-0.4, -0.2) is 50.8 Å². The molecule has 110 valence electrons. The first-order valence-electron chi connectivity index (χ1n) is 7.25. The van der Waals surface area contributed by atoms with Crippen molar-refractivity contribution in [1.29, 1.82) is 0 Å². The molecule has 3 heteroatoms. The molecule has 18 heavy (non-hydrogen) atoms.